The van der Waals surface area contributed by atoms with E-state index in [0.717, 1.165) is 18.1 Å². The van der Waals surface area contributed by atoms with Crippen molar-refractivity contribution in [3.63, 3.8) is 0 Å². The highest BCUT2D eigenvalue weighted by Crippen LogP contribution is 2.30. The van der Waals surface area contributed by atoms with Crippen LogP contribution in [0.25, 0.3) is 0 Å². The molecule has 1 saturated heterocycles. The van der Waals surface area contributed by atoms with Crippen molar-refractivity contribution in [1.29, 1.82) is 0 Å². The van der Waals surface area contributed by atoms with E-state index in [4.69, 9.17) is 4.74 Å². The van der Waals surface area contributed by atoms with Crippen LogP contribution in [-0.2, 0) is 4.74 Å². The number of rotatable bonds is 0. The van der Waals surface area contributed by atoms with Gasteiger partial charge in [0.2, 0.25) is 0 Å². The van der Waals surface area contributed by atoms with Crippen LogP contribution in [0.5, 0.6) is 0 Å². The first-order valence-electron chi connectivity index (χ1n) is 3.95. The van der Waals surface area contributed by atoms with Gasteiger partial charge in [0.05, 0.1) is 11.9 Å². The predicted octanol–water partition coefficient (Wildman–Crippen LogP) is 2.58. The lowest BCUT2D eigenvalue weighted by atomic mass is 9.86. The molecule has 10 heavy (non-hydrogen) atoms. The number of allylic oxidation sites excluding steroid dienone is 1. The zero-order valence-corrected chi connectivity index (χ0v) is 7.05. The van der Waals surface area contributed by atoms with E-state index in [1.54, 1.807) is 0 Å². The van der Waals surface area contributed by atoms with Gasteiger partial charge in [0.15, 0.2) is 0 Å². The summed E-state index contributed by atoms with van der Waals surface area (Å²) in [5.74, 6) is 2.36. The minimum atomic E-state index is 0.358. The molecule has 0 aromatic heterocycles. The third kappa shape index (κ3) is 1.34. The highest BCUT2D eigenvalue weighted by atomic mass is 16.5. The zero-order valence-electron chi connectivity index (χ0n) is 7.05. The summed E-state index contributed by atoms with van der Waals surface area (Å²) in [7, 11) is 0. The van der Waals surface area contributed by atoms with Gasteiger partial charge in [-0.05, 0) is 18.8 Å². The number of hydrogen-bond donors (Lipinski definition) is 0. The second-order valence-corrected chi connectivity index (χ2v) is 3.40. The first-order valence-corrected chi connectivity index (χ1v) is 3.95. The molecule has 1 aliphatic heterocycles. The molecule has 58 valence electrons. The molecule has 0 spiro atoms. The molecule has 1 fully saturated rings. The molecule has 1 rings (SSSR count). The lowest BCUT2D eigenvalue weighted by Gasteiger charge is -2.33. The summed E-state index contributed by atoms with van der Waals surface area (Å²) in [5.41, 5.74) is 0. The van der Waals surface area contributed by atoms with Crippen LogP contribution in [0.2, 0.25) is 0 Å². The molecule has 1 aliphatic rings. The third-order valence-corrected chi connectivity index (χ3v) is 2.54. The van der Waals surface area contributed by atoms with Gasteiger partial charge in [-0.1, -0.05) is 20.4 Å². The quantitative estimate of drug-likeness (QED) is 0.502. The predicted molar refractivity (Wildman–Crippen MR) is 42.6 cm³/mol. The highest BCUT2D eigenvalue weighted by Gasteiger charge is 2.26. The molecule has 1 nitrogen and oxygen atoms in total. The Labute approximate surface area is 63.1 Å². The van der Waals surface area contributed by atoms with Gasteiger partial charge in [-0.25, -0.2) is 0 Å². The Morgan fingerprint density at radius 3 is 2.50 bits per heavy atom. The molecule has 0 saturated carbocycles. The smallest absolute Gasteiger partial charge is 0.0982 e. The van der Waals surface area contributed by atoms with Crippen LogP contribution in [0.1, 0.15) is 27.2 Å². The fourth-order valence-electron chi connectivity index (χ4n) is 1.43. The second-order valence-electron chi connectivity index (χ2n) is 3.40. The normalized spacial score (nSPS) is 41.1. The van der Waals surface area contributed by atoms with E-state index in [1.165, 1.54) is 0 Å². The molecule has 1 heteroatoms. The fourth-order valence-corrected chi connectivity index (χ4v) is 1.43. The molecule has 0 N–H and O–H groups in total. The van der Waals surface area contributed by atoms with Crippen molar-refractivity contribution in [3.8, 4) is 0 Å². The largest absolute Gasteiger partial charge is 0.495 e. The molecule has 0 bridgehead atoms. The summed E-state index contributed by atoms with van der Waals surface area (Å²) >= 11 is 0. The Hall–Kier alpha value is -0.460. The van der Waals surface area contributed by atoms with Gasteiger partial charge in [-0.3, -0.25) is 0 Å². The Kier molecular flexibility index (Phi) is 2.02. The van der Waals surface area contributed by atoms with Crippen molar-refractivity contribution in [1.82, 2.24) is 0 Å². The van der Waals surface area contributed by atoms with E-state index in [9.17, 15) is 0 Å². The van der Waals surface area contributed by atoms with Crippen LogP contribution in [-0.4, -0.2) is 6.10 Å². The SMILES string of the molecule is C=C1CC(C)C(C)[C@H](C)O1. The molecule has 2 unspecified atom stereocenters. The molecular formula is C9H16O. The van der Waals surface area contributed by atoms with Crippen LogP contribution in [0, 0.1) is 11.8 Å². The van der Waals surface area contributed by atoms with Crippen molar-refractivity contribution in [3.05, 3.63) is 12.3 Å². The summed E-state index contributed by atoms with van der Waals surface area (Å²) < 4.78 is 5.47. The Morgan fingerprint density at radius 1 is 1.40 bits per heavy atom. The van der Waals surface area contributed by atoms with Crippen molar-refractivity contribution in [2.45, 2.75) is 33.3 Å². The monoisotopic (exact) mass is 140 g/mol. The van der Waals surface area contributed by atoms with Gasteiger partial charge in [-0.15, -0.1) is 0 Å². The van der Waals surface area contributed by atoms with Crippen molar-refractivity contribution < 1.29 is 4.74 Å². The van der Waals surface area contributed by atoms with E-state index in [-0.39, 0.29) is 0 Å². The van der Waals surface area contributed by atoms with Gasteiger partial charge in [0.25, 0.3) is 0 Å². The lowest BCUT2D eigenvalue weighted by molar-refractivity contribution is 0.0167. The summed E-state index contributed by atoms with van der Waals surface area (Å²) in [6.07, 6.45) is 1.39. The second kappa shape index (κ2) is 2.65. The number of hydrogen-bond acceptors (Lipinski definition) is 1. The summed E-state index contributed by atoms with van der Waals surface area (Å²) in [4.78, 5) is 0. The maximum Gasteiger partial charge on any atom is 0.0982 e. The standard InChI is InChI=1S/C9H16O/c1-6-5-7(2)10-9(4)8(6)3/h6,8-9H,2,5H2,1,3-4H3/t6?,8?,9-/m0/s1. The fraction of sp³-hybridized carbons (Fsp3) is 0.778. The molecular weight excluding hydrogens is 124 g/mol. The number of ether oxygens (including phenoxy) is 1. The Balaban J connectivity index is 2.57. The maximum absolute atomic E-state index is 5.47. The van der Waals surface area contributed by atoms with Gasteiger partial charge >= 0.3 is 0 Å². The van der Waals surface area contributed by atoms with Crippen LogP contribution in [0.4, 0.5) is 0 Å². The zero-order chi connectivity index (χ0) is 7.72. The molecule has 0 radical (unpaired) electrons. The van der Waals surface area contributed by atoms with E-state index < -0.39 is 0 Å². The first kappa shape index (κ1) is 7.64. The molecule has 0 amide bonds. The van der Waals surface area contributed by atoms with Crippen LogP contribution in [0.3, 0.4) is 0 Å². The Bertz CT molecular complexity index is 126. The topological polar surface area (TPSA) is 9.23 Å². The first-order chi connectivity index (χ1) is 4.61. The van der Waals surface area contributed by atoms with Gasteiger partial charge in [0, 0.05) is 6.42 Å². The lowest BCUT2D eigenvalue weighted by Crippen LogP contribution is -2.29. The average molecular weight is 140 g/mol. The highest BCUT2D eigenvalue weighted by molar-refractivity contribution is 4.92. The van der Waals surface area contributed by atoms with Crippen molar-refractivity contribution >= 4 is 0 Å². The van der Waals surface area contributed by atoms with E-state index >= 15 is 0 Å². The van der Waals surface area contributed by atoms with Crippen LogP contribution in [0.15, 0.2) is 12.3 Å². The molecule has 1 heterocycles. The van der Waals surface area contributed by atoms with E-state index in [2.05, 4.69) is 27.4 Å². The maximum atomic E-state index is 5.47. The van der Waals surface area contributed by atoms with Gasteiger partial charge < -0.3 is 4.74 Å². The summed E-state index contributed by atoms with van der Waals surface area (Å²) in [6.45, 7) is 10.4. The average Bonchev–Trinajstić information content (AvgIpc) is 1.82. The van der Waals surface area contributed by atoms with E-state index in [0.29, 0.717) is 12.0 Å². The molecule has 3 atom stereocenters. The molecule has 0 aromatic rings. The van der Waals surface area contributed by atoms with Crippen LogP contribution < -0.4 is 0 Å². The van der Waals surface area contributed by atoms with E-state index in [1.807, 2.05) is 0 Å². The minimum Gasteiger partial charge on any atom is -0.495 e. The molecule has 0 aliphatic carbocycles. The third-order valence-electron chi connectivity index (χ3n) is 2.54. The van der Waals surface area contributed by atoms with Gasteiger partial charge in [-0.2, -0.15) is 0 Å². The van der Waals surface area contributed by atoms with Crippen LogP contribution >= 0.6 is 0 Å². The minimum absolute atomic E-state index is 0.358. The summed E-state index contributed by atoms with van der Waals surface area (Å²) in [6, 6.07) is 0. The Morgan fingerprint density at radius 2 is 2.00 bits per heavy atom. The van der Waals surface area contributed by atoms with Crippen molar-refractivity contribution in [2.75, 3.05) is 0 Å². The molecule has 0 aromatic carbocycles. The van der Waals surface area contributed by atoms with Gasteiger partial charge in [0.1, 0.15) is 0 Å². The summed E-state index contributed by atoms with van der Waals surface area (Å²) in [5, 5.41) is 0. The van der Waals surface area contributed by atoms with Crippen molar-refractivity contribution in [2.24, 2.45) is 11.8 Å².